The zero-order valence-electron chi connectivity index (χ0n) is 10.9. The molecule has 18 heavy (non-hydrogen) atoms. The van der Waals surface area contributed by atoms with Gasteiger partial charge in [-0.15, -0.1) is 0 Å². The van der Waals surface area contributed by atoms with Crippen molar-refractivity contribution in [2.75, 3.05) is 20.1 Å². The molecule has 0 aliphatic rings. The van der Waals surface area contributed by atoms with Crippen molar-refractivity contribution < 1.29 is 10.2 Å². The molecule has 100 valence electrons. The minimum absolute atomic E-state index is 0.120. The largest absolute Gasteiger partial charge is 0.504 e. The number of phenols is 2. The van der Waals surface area contributed by atoms with Crippen LogP contribution in [0.1, 0.15) is 24.8 Å². The first-order valence-corrected chi connectivity index (χ1v) is 6.25. The van der Waals surface area contributed by atoms with Gasteiger partial charge in [-0.25, -0.2) is 0 Å². The fourth-order valence-electron chi connectivity index (χ4n) is 1.71. The average molecular weight is 250 g/mol. The number of unbranched alkanes of at least 4 members (excludes halogenated alkanes) is 2. The standard InChI is InChI=1S/C14H22N2O2/c1-11(16-10-5-3-4-9-15-2)12-7-6-8-13(17)14(12)18/h6-8,15-18H,1,3-5,9-10H2,2H3. The molecule has 0 heterocycles. The van der Waals surface area contributed by atoms with Crippen LogP contribution in [0.2, 0.25) is 0 Å². The van der Waals surface area contributed by atoms with Crippen molar-refractivity contribution in [3.63, 3.8) is 0 Å². The predicted octanol–water partition coefficient (Wildman–Crippen LogP) is 2.05. The van der Waals surface area contributed by atoms with E-state index in [0.29, 0.717) is 11.3 Å². The van der Waals surface area contributed by atoms with Crippen LogP contribution in [0.4, 0.5) is 0 Å². The van der Waals surface area contributed by atoms with Gasteiger partial charge in [0, 0.05) is 17.8 Å². The smallest absolute Gasteiger partial charge is 0.166 e. The quantitative estimate of drug-likeness (QED) is 0.421. The Morgan fingerprint density at radius 3 is 2.61 bits per heavy atom. The van der Waals surface area contributed by atoms with Crippen LogP contribution in [0, 0.1) is 0 Å². The molecule has 4 nitrogen and oxygen atoms in total. The third-order valence-corrected chi connectivity index (χ3v) is 2.78. The summed E-state index contributed by atoms with van der Waals surface area (Å²) in [4.78, 5) is 0. The molecule has 1 aromatic carbocycles. The second kappa shape index (κ2) is 7.61. The maximum Gasteiger partial charge on any atom is 0.166 e. The molecule has 4 N–H and O–H groups in total. The zero-order chi connectivity index (χ0) is 13.4. The molecule has 1 rings (SSSR count). The number of phenolic OH excluding ortho intramolecular Hbond substituents is 2. The Kier molecular flexibility index (Phi) is 6.08. The van der Waals surface area contributed by atoms with Crippen LogP contribution in [-0.2, 0) is 0 Å². The minimum Gasteiger partial charge on any atom is -0.504 e. The molecule has 0 aliphatic carbocycles. The summed E-state index contributed by atoms with van der Waals surface area (Å²) in [6.45, 7) is 5.72. The maximum atomic E-state index is 9.68. The van der Waals surface area contributed by atoms with Crippen molar-refractivity contribution in [1.82, 2.24) is 10.6 Å². The van der Waals surface area contributed by atoms with E-state index in [2.05, 4.69) is 17.2 Å². The Morgan fingerprint density at radius 2 is 1.89 bits per heavy atom. The molecule has 0 aromatic heterocycles. The lowest BCUT2D eigenvalue weighted by atomic mass is 10.1. The van der Waals surface area contributed by atoms with Crippen molar-refractivity contribution in [2.45, 2.75) is 19.3 Å². The van der Waals surface area contributed by atoms with Gasteiger partial charge in [0.2, 0.25) is 0 Å². The SMILES string of the molecule is C=C(NCCCCCNC)c1cccc(O)c1O. The van der Waals surface area contributed by atoms with Gasteiger partial charge in [-0.05, 0) is 38.6 Å². The molecule has 1 aromatic rings. The second-order valence-electron chi connectivity index (χ2n) is 4.24. The molecule has 0 fully saturated rings. The van der Waals surface area contributed by atoms with Crippen molar-refractivity contribution in [1.29, 1.82) is 0 Å². The highest BCUT2D eigenvalue weighted by Gasteiger charge is 2.08. The summed E-state index contributed by atoms with van der Waals surface area (Å²) in [5.41, 5.74) is 1.18. The van der Waals surface area contributed by atoms with E-state index in [9.17, 15) is 10.2 Å². The Morgan fingerprint density at radius 1 is 1.17 bits per heavy atom. The molecule has 0 bridgehead atoms. The Labute approximate surface area is 108 Å². The summed E-state index contributed by atoms with van der Waals surface area (Å²) >= 11 is 0. The van der Waals surface area contributed by atoms with E-state index >= 15 is 0 Å². The highest BCUT2D eigenvalue weighted by atomic mass is 16.3. The zero-order valence-corrected chi connectivity index (χ0v) is 10.9. The fourth-order valence-corrected chi connectivity index (χ4v) is 1.71. The van der Waals surface area contributed by atoms with Gasteiger partial charge in [0.25, 0.3) is 0 Å². The van der Waals surface area contributed by atoms with Gasteiger partial charge in [0.1, 0.15) is 0 Å². The summed E-state index contributed by atoms with van der Waals surface area (Å²) < 4.78 is 0. The molecule has 0 unspecified atom stereocenters. The molecular formula is C14H22N2O2. The molecule has 0 aliphatic heterocycles. The van der Waals surface area contributed by atoms with Crippen molar-refractivity contribution in [2.24, 2.45) is 0 Å². The summed E-state index contributed by atoms with van der Waals surface area (Å²) in [7, 11) is 1.95. The first-order chi connectivity index (χ1) is 8.66. The second-order valence-corrected chi connectivity index (χ2v) is 4.24. The normalized spacial score (nSPS) is 10.3. The van der Waals surface area contributed by atoms with Crippen LogP contribution >= 0.6 is 0 Å². The number of hydrogen-bond acceptors (Lipinski definition) is 4. The van der Waals surface area contributed by atoms with Crippen LogP contribution in [0.5, 0.6) is 11.5 Å². The molecule has 0 saturated carbocycles. The van der Waals surface area contributed by atoms with Crippen molar-refractivity contribution >= 4 is 5.70 Å². The molecular weight excluding hydrogens is 228 g/mol. The third-order valence-electron chi connectivity index (χ3n) is 2.78. The van der Waals surface area contributed by atoms with E-state index in [0.717, 1.165) is 32.4 Å². The van der Waals surface area contributed by atoms with Gasteiger partial charge in [-0.1, -0.05) is 19.1 Å². The highest BCUT2D eigenvalue weighted by Crippen LogP contribution is 2.31. The van der Waals surface area contributed by atoms with E-state index in [1.165, 1.54) is 6.07 Å². The number of nitrogens with one attached hydrogen (secondary N) is 2. The lowest BCUT2D eigenvalue weighted by Gasteiger charge is -2.11. The topological polar surface area (TPSA) is 64.5 Å². The maximum absolute atomic E-state index is 9.68. The third kappa shape index (κ3) is 4.30. The van der Waals surface area contributed by atoms with Crippen molar-refractivity contribution in [3.05, 3.63) is 30.3 Å². The number of hydrogen-bond donors (Lipinski definition) is 4. The van der Waals surface area contributed by atoms with Gasteiger partial charge in [0.05, 0.1) is 0 Å². The summed E-state index contributed by atoms with van der Waals surface area (Å²) in [5, 5.41) is 25.3. The highest BCUT2D eigenvalue weighted by molar-refractivity contribution is 5.69. The predicted molar refractivity (Wildman–Crippen MR) is 74.6 cm³/mol. The molecule has 0 atom stereocenters. The lowest BCUT2D eigenvalue weighted by molar-refractivity contribution is 0.402. The Bertz CT molecular complexity index is 391. The minimum atomic E-state index is -0.121. The van der Waals surface area contributed by atoms with Crippen LogP contribution in [0.25, 0.3) is 5.70 Å². The molecule has 0 spiro atoms. The van der Waals surface area contributed by atoms with Gasteiger partial charge in [-0.2, -0.15) is 0 Å². The van der Waals surface area contributed by atoms with Gasteiger partial charge >= 0.3 is 0 Å². The van der Waals surface area contributed by atoms with Crippen LogP contribution in [0.3, 0.4) is 0 Å². The molecule has 0 amide bonds. The lowest BCUT2D eigenvalue weighted by Crippen LogP contribution is -2.14. The monoisotopic (exact) mass is 250 g/mol. The van der Waals surface area contributed by atoms with E-state index in [1.54, 1.807) is 12.1 Å². The van der Waals surface area contributed by atoms with Gasteiger partial charge in [-0.3, -0.25) is 0 Å². The van der Waals surface area contributed by atoms with E-state index < -0.39 is 0 Å². The number of aromatic hydroxyl groups is 2. The first-order valence-electron chi connectivity index (χ1n) is 6.25. The molecule has 0 saturated heterocycles. The van der Waals surface area contributed by atoms with Crippen molar-refractivity contribution in [3.8, 4) is 11.5 Å². The van der Waals surface area contributed by atoms with E-state index in [4.69, 9.17) is 0 Å². The summed E-state index contributed by atoms with van der Waals surface area (Å²) in [6, 6.07) is 4.86. The fraction of sp³-hybridized carbons (Fsp3) is 0.429. The number of para-hydroxylation sites is 1. The van der Waals surface area contributed by atoms with Crippen LogP contribution in [-0.4, -0.2) is 30.4 Å². The van der Waals surface area contributed by atoms with Gasteiger partial charge in [0.15, 0.2) is 11.5 Å². The molecule has 0 radical (unpaired) electrons. The number of benzene rings is 1. The van der Waals surface area contributed by atoms with E-state index in [-0.39, 0.29) is 11.5 Å². The summed E-state index contributed by atoms with van der Waals surface area (Å²) in [5.74, 6) is -0.241. The summed E-state index contributed by atoms with van der Waals surface area (Å²) in [6.07, 6.45) is 3.36. The van der Waals surface area contributed by atoms with Crippen LogP contribution < -0.4 is 10.6 Å². The Balaban J connectivity index is 2.35. The average Bonchev–Trinajstić information content (AvgIpc) is 2.36. The van der Waals surface area contributed by atoms with Gasteiger partial charge < -0.3 is 20.8 Å². The van der Waals surface area contributed by atoms with Crippen LogP contribution in [0.15, 0.2) is 24.8 Å². The first kappa shape index (κ1) is 14.4. The molecule has 4 heteroatoms. The Hall–Kier alpha value is -1.68. The van der Waals surface area contributed by atoms with E-state index in [1.807, 2.05) is 7.05 Å². The number of rotatable bonds is 8.